The summed E-state index contributed by atoms with van der Waals surface area (Å²) in [6.07, 6.45) is 2.32. The molecule has 1 aliphatic heterocycles. The van der Waals surface area contributed by atoms with Crippen molar-refractivity contribution < 1.29 is 4.74 Å². The predicted octanol–water partition coefficient (Wildman–Crippen LogP) is 2.85. The molecule has 0 aliphatic carbocycles. The molecule has 0 fully saturated rings. The zero-order valence-corrected chi connectivity index (χ0v) is 7.70. The number of hydrogen-bond donors (Lipinski definition) is 0. The second-order valence-corrected chi connectivity index (χ2v) is 4.57. The third-order valence-electron chi connectivity index (χ3n) is 2.04. The van der Waals surface area contributed by atoms with Crippen molar-refractivity contribution in [1.82, 2.24) is 0 Å². The number of rotatable bonds is 0. The SMILES string of the molecule is CC1(C)CCc2sccc2O1. The van der Waals surface area contributed by atoms with E-state index in [0.717, 1.165) is 12.2 Å². The Morgan fingerprint density at radius 1 is 1.55 bits per heavy atom. The second kappa shape index (κ2) is 2.24. The lowest BCUT2D eigenvalue weighted by atomic mass is 9.99. The van der Waals surface area contributed by atoms with Gasteiger partial charge >= 0.3 is 0 Å². The molecule has 0 saturated heterocycles. The summed E-state index contributed by atoms with van der Waals surface area (Å²) in [5.74, 6) is 1.10. The Morgan fingerprint density at radius 3 is 3.18 bits per heavy atom. The van der Waals surface area contributed by atoms with Crippen LogP contribution in [0, 0.1) is 0 Å². The van der Waals surface area contributed by atoms with Crippen LogP contribution in [0.1, 0.15) is 25.1 Å². The molecule has 0 unspecified atom stereocenters. The van der Waals surface area contributed by atoms with E-state index in [1.807, 2.05) is 0 Å². The van der Waals surface area contributed by atoms with Crippen LogP contribution in [0.15, 0.2) is 11.4 Å². The smallest absolute Gasteiger partial charge is 0.133 e. The molecule has 0 spiro atoms. The molecule has 11 heavy (non-hydrogen) atoms. The third-order valence-corrected chi connectivity index (χ3v) is 3.01. The van der Waals surface area contributed by atoms with Crippen LogP contribution in [0.2, 0.25) is 0 Å². The summed E-state index contributed by atoms with van der Waals surface area (Å²) in [5.41, 5.74) is 0.0497. The molecule has 0 atom stereocenters. The average Bonchev–Trinajstić information content (AvgIpc) is 2.31. The molecule has 2 heterocycles. The normalized spacial score (nSPS) is 20.5. The molecule has 1 nitrogen and oxygen atoms in total. The van der Waals surface area contributed by atoms with E-state index in [9.17, 15) is 0 Å². The van der Waals surface area contributed by atoms with E-state index < -0.39 is 0 Å². The molecule has 0 radical (unpaired) electrons. The third kappa shape index (κ3) is 1.27. The molecule has 1 aliphatic rings. The van der Waals surface area contributed by atoms with Crippen LogP contribution in [-0.4, -0.2) is 5.60 Å². The van der Waals surface area contributed by atoms with Crippen LogP contribution in [0.25, 0.3) is 0 Å². The van der Waals surface area contributed by atoms with Gasteiger partial charge in [-0.15, -0.1) is 11.3 Å². The van der Waals surface area contributed by atoms with Gasteiger partial charge in [0, 0.05) is 4.88 Å². The lowest BCUT2D eigenvalue weighted by Crippen LogP contribution is -2.31. The number of aryl methyl sites for hydroxylation is 1. The molecule has 0 bridgehead atoms. The minimum Gasteiger partial charge on any atom is -0.487 e. The van der Waals surface area contributed by atoms with E-state index in [-0.39, 0.29) is 5.60 Å². The Bertz CT molecular complexity index is 262. The molecular formula is C9H12OS. The summed E-state index contributed by atoms with van der Waals surface area (Å²) in [6.45, 7) is 4.29. The van der Waals surface area contributed by atoms with Gasteiger partial charge < -0.3 is 4.74 Å². The fraction of sp³-hybridized carbons (Fsp3) is 0.556. The maximum atomic E-state index is 5.77. The molecule has 1 aromatic heterocycles. The molecule has 60 valence electrons. The zero-order valence-electron chi connectivity index (χ0n) is 6.89. The first-order valence-corrected chi connectivity index (χ1v) is 4.81. The topological polar surface area (TPSA) is 9.23 Å². The molecule has 0 N–H and O–H groups in total. The highest BCUT2D eigenvalue weighted by Gasteiger charge is 2.26. The summed E-state index contributed by atoms with van der Waals surface area (Å²) in [4.78, 5) is 1.41. The van der Waals surface area contributed by atoms with E-state index in [1.54, 1.807) is 11.3 Å². The number of ether oxygens (including phenoxy) is 1. The van der Waals surface area contributed by atoms with Gasteiger partial charge in [-0.1, -0.05) is 0 Å². The van der Waals surface area contributed by atoms with Crippen molar-refractivity contribution >= 4 is 11.3 Å². The minimum absolute atomic E-state index is 0.0497. The van der Waals surface area contributed by atoms with Gasteiger partial charge in [0.1, 0.15) is 11.4 Å². The maximum absolute atomic E-state index is 5.77. The zero-order chi connectivity index (χ0) is 7.90. The van der Waals surface area contributed by atoms with Crippen molar-refractivity contribution in [2.75, 3.05) is 0 Å². The Morgan fingerprint density at radius 2 is 2.36 bits per heavy atom. The van der Waals surface area contributed by atoms with Crippen LogP contribution >= 0.6 is 11.3 Å². The van der Waals surface area contributed by atoms with Crippen LogP contribution in [-0.2, 0) is 6.42 Å². The Labute approximate surface area is 71.0 Å². The van der Waals surface area contributed by atoms with Gasteiger partial charge in [-0.25, -0.2) is 0 Å². The number of thiophene rings is 1. The molecule has 0 amide bonds. The van der Waals surface area contributed by atoms with Gasteiger partial charge in [0.15, 0.2) is 0 Å². The monoisotopic (exact) mass is 168 g/mol. The van der Waals surface area contributed by atoms with Crippen molar-refractivity contribution in [3.8, 4) is 5.75 Å². The van der Waals surface area contributed by atoms with E-state index in [2.05, 4.69) is 25.3 Å². The van der Waals surface area contributed by atoms with Crippen LogP contribution in [0.4, 0.5) is 0 Å². The van der Waals surface area contributed by atoms with Crippen molar-refractivity contribution in [1.29, 1.82) is 0 Å². The molecule has 0 saturated carbocycles. The lowest BCUT2D eigenvalue weighted by molar-refractivity contribution is 0.0864. The summed E-state index contributed by atoms with van der Waals surface area (Å²) in [7, 11) is 0. The van der Waals surface area contributed by atoms with Crippen molar-refractivity contribution in [3.05, 3.63) is 16.3 Å². The molecule has 2 rings (SSSR count). The first-order valence-electron chi connectivity index (χ1n) is 3.93. The van der Waals surface area contributed by atoms with Gasteiger partial charge in [0.2, 0.25) is 0 Å². The van der Waals surface area contributed by atoms with Gasteiger partial charge in [0.25, 0.3) is 0 Å². The van der Waals surface area contributed by atoms with E-state index in [1.165, 1.54) is 11.3 Å². The second-order valence-electron chi connectivity index (χ2n) is 3.57. The lowest BCUT2D eigenvalue weighted by Gasteiger charge is -2.30. The Hall–Kier alpha value is -0.500. The quantitative estimate of drug-likeness (QED) is 0.579. The minimum atomic E-state index is 0.0497. The van der Waals surface area contributed by atoms with Crippen LogP contribution < -0.4 is 4.74 Å². The van der Waals surface area contributed by atoms with E-state index in [0.29, 0.717) is 0 Å². The first-order chi connectivity index (χ1) is 5.17. The van der Waals surface area contributed by atoms with E-state index in [4.69, 9.17) is 4.74 Å². The standard InChI is InChI=1S/C9H12OS/c1-9(2)5-3-8-7(10-9)4-6-11-8/h4,6H,3,5H2,1-2H3. The molecule has 0 aromatic carbocycles. The molecule has 1 aromatic rings. The molecule has 2 heteroatoms. The summed E-state index contributed by atoms with van der Waals surface area (Å²) in [6, 6.07) is 2.07. The van der Waals surface area contributed by atoms with Gasteiger partial charge in [-0.2, -0.15) is 0 Å². The number of hydrogen-bond acceptors (Lipinski definition) is 2. The highest BCUT2D eigenvalue weighted by atomic mass is 32.1. The summed E-state index contributed by atoms with van der Waals surface area (Å²) < 4.78 is 5.77. The number of fused-ring (bicyclic) bond motifs is 1. The van der Waals surface area contributed by atoms with Crippen molar-refractivity contribution in [3.63, 3.8) is 0 Å². The van der Waals surface area contributed by atoms with Gasteiger partial charge in [-0.3, -0.25) is 0 Å². The largest absolute Gasteiger partial charge is 0.487 e. The Balaban J connectivity index is 2.32. The highest BCUT2D eigenvalue weighted by molar-refractivity contribution is 7.10. The maximum Gasteiger partial charge on any atom is 0.133 e. The fourth-order valence-electron chi connectivity index (χ4n) is 1.37. The van der Waals surface area contributed by atoms with Gasteiger partial charge in [0.05, 0.1) is 0 Å². The summed E-state index contributed by atoms with van der Waals surface area (Å²) >= 11 is 1.80. The highest BCUT2D eigenvalue weighted by Crippen LogP contribution is 2.36. The van der Waals surface area contributed by atoms with E-state index >= 15 is 0 Å². The summed E-state index contributed by atoms with van der Waals surface area (Å²) in [5, 5.41) is 2.10. The van der Waals surface area contributed by atoms with Crippen LogP contribution in [0.5, 0.6) is 5.75 Å². The Kier molecular flexibility index (Phi) is 1.46. The molecular weight excluding hydrogens is 156 g/mol. The predicted molar refractivity (Wildman–Crippen MR) is 47.3 cm³/mol. The average molecular weight is 168 g/mol. The van der Waals surface area contributed by atoms with Crippen LogP contribution in [0.3, 0.4) is 0 Å². The fourth-order valence-corrected chi connectivity index (χ4v) is 2.17. The van der Waals surface area contributed by atoms with Gasteiger partial charge in [-0.05, 0) is 38.1 Å². The first kappa shape index (κ1) is 7.17. The van der Waals surface area contributed by atoms with Crippen molar-refractivity contribution in [2.24, 2.45) is 0 Å². The van der Waals surface area contributed by atoms with Crippen molar-refractivity contribution in [2.45, 2.75) is 32.3 Å².